The Morgan fingerprint density at radius 2 is 2.20 bits per heavy atom. The molecule has 0 atom stereocenters. The van der Waals surface area contributed by atoms with E-state index >= 15 is 0 Å². The highest BCUT2D eigenvalue weighted by Crippen LogP contribution is 2.13. The van der Waals surface area contributed by atoms with E-state index in [0.717, 1.165) is 6.54 Å². The Kier molecular flexibility index (Phi) is 3.24. The van der Waals surface area contributed by atoms with E-state index in [1.165, 1.54) is 6.20 Å². The highest BCUT2D eigenvalue weighted by molar-refractivity contribution is 5.83. The molecule has 1 heterocycles. The molecule has 0 aromatic carbocycles. The molecule has 5 nitrogen and oxygen atoms in total. The maximum atomic E-state index is 10.6. The predicted molar refractivity (Wildman–Crippen MR) is 56.9 cm³/mol. The van der Waals surface area contributed by atoms with Gasteiger partial charge in [0.05, 0.1) is 0 Å². The normalized spacial score (nSPS) is 11.1. The summed E-state index contributed by atoms with van der Waals surface area (Å²) in [4.78, 5) is 18.1. The second-order valence-electron chi connectivity index (χ2n) is 4.48. The Morgan fingerprint density at radius 3 is 2.73 bits per heavy atom. The monoisotopic (exact) mass is 209 g/mol. The standard InChI is InChI=1S/C10H15N3O2/c1-10(2,3)6-12-7-4-5-11-8(13-7)9(14)15/h4-5H,6H2,1-3H3,(H,14,15)(H,11,12,13). The molecule has 1 rings (SSSR count). The van der Waals surface area contributed by atoms with Crippen LogP contribution in [0.25, 0.3) is 0 Å². The Morgan fingerprint density at radius 1 is 1.53 bits per heavy atom. The third-order valence-corrected chi connectivity index (χ3v) is 1.65. The molecule has 0 radical (unpaired) electrons. The zero-order valence-corrected chi connectivity index (χ0v) is 9.11. The van der Waals surface area contributed by atoms with E-state index in [9.17, 15) is 4.79 Å². The molecular formula is C10H15N3O2. The van der Waals surface area contributed by atoms with Crippen LogP contribution >= 0.6 is 0 Å². The van der Waals surface area contributed by atoms with E-state index in [1.807, 2.05) is 0 Å². The van der Waals surface area contributed by atoms with Crippen molar-refractivity contribution in [3.8, 4) is 0 Å². The second-order valence-corrected chi connectivity index (χ2v) is 4.48. The molecule has 15 heavy (non-hydrogen) atoms. The maximum absolute atomic E-state index is 10.6. The number of aromatic nitrogens is 2. The Balaban J connectivity index is 2.70. The lowest BCUT2D eigenvalue weighted by molar-refractivity contribution is 0.0683. The molecule has 0 aliphatic rings. The average molecular weight is 209 g/mol. The zero-order chi connectivity index (χ0) is 11.5. The molecule has 5 heteroatoms. The van der Waals surface area contributed by atoms with Gasteiger partial charge >= 0.3 is 5.97 Å². The van der Waals surface area contributed by atoms with Gasteiger partial charge in [-0.1, -0.05) is 20.8 Å². The van der Waals surface area contributed by atoms with E-state index in [0.29, 0.717) is 5.82 Å². The van der Waals surface area contributed by atoms with Gasteiger partial charge in [-0.15, -0.1) is 0 Å². The van der Waals surface area contributed by atoms with E-state index < -0.39 is 5.97 Å². The van der Waals surface area contributed by atoms with Gasteiger partial charge in [-0.05, 0) is 11.5 Å². The number of carboxylic acids is 1. The van der Waals surface area contributed by atoms with Crippen LogP contribution in [0.1, 0.15) is 31.4 Å². The number of nitrogens with one attached hydrogen (secondary N) is 1. The zero-order valence-electron chi connectivity index (χ0n) is 9.11. The van der Waals surface area contributed by atoms with Gasteiger partial charge in [0, 0.05) is 12.7 Å². The largest absolute Gasteiger partial charge is 0.475 e. The van der Waals surface area contributed by atoms with E-state index in [4.69, 9.17) is 5.11 Å². The minimum atomic E-state index is -1.12. The van der Waals surface area contributed by atoms with Crippen molar-refractivity contribution in [2.75, 3.05) is 11.9 Å². The molecule has 0 saturated carbocycles. The Hall–Kier alpha value is -1.65. The molecule has 82 valence electrons. The quantitative estimate of drug-likeness (QED) is 0.791. The number of nitrogens with zero attached hydrogens (tertiary/aromatic N) is 2. The number of anilines is 1. The van der Waals surface area contributed by atoms with Crippen molar-refractivity contribution in [3.63, 3.8) is 0 Å². The molecule has 0 unspecified atom stereocenters. The lowest BCUT2D eigenvalue weighted by atomic mass is 9.97. The minimum Gasteiger partial charge on any atom is -0.475 e. The summed E-state index contributed by atoms with van der Waals surface area (Å²) in [6.07, 6.45) is 1.43. The predicted octanol–water partition coefficient (Wildman–Crippen LogP) is 1.63. The summed E-state index contributed by atoms with van der Waals surface area (Å²) >= 11 is 0. The summed E-state index contributed by atoms with van der Waals surface area (Å²) < 4.78 is 0. The maximum Gasteiger partial charge on any atom is 0.374 e. The number of carboxylic acid groups (broad SMARTS) is 1. The molecule has 0 bridgehead atoms. The Bertz CT molecular complexity index is 358. The number of hydrogen-bond donors (Lipinski definition) is 2. The van der Waals surface area contributed by atoms with Crippen molar-refractivity contribution in [1.82, 2.24) is 9.97 Å². The first-order valence-electron chi connectivity index (χ1n) is 4.69. The van der Waals surface area contributed by atoms with E-state index in [-0.39, 0.29) is 11.2 Å². The third kappa shape index (κ3) is 3.93. The molecule has 1 aromatic rings. The van der Waals surface area contributed by atoms with Gasteiger partial charge in [-0.25, -0.2) is 14.8 Å². The van der Waals surface area contributed by atoms with Gasteiger partial charge in [0.25, 0.3) is 0 Å². The summed E-state index contributed by atoms with van der Waals surface area (Å²) in [5.74, 6) is -0.763. The summed E-state index contributed by atoms with van der Waals surface area (Å²) in [5, 5.41) is 11.7. The topological polar surface area (TPSA) is 75.1 Å². The molecular weight excluding hydrogens is 194 g/mol. The van der Waals surface area contributed by atoms with Crippen LogP contribution in [0.3, 0.4) is 0 Å². The molecule has 1 aromatic heterocycles. The van der Waals surface area contributed by atoms with Gasteiger partial charge < -0.3 is 10.4 Å². The molecule has 0 fully saturated rings. The van der Waals surface area contributed by atoms with Crippen LogP contribution in [0.5, 0.6) is 0 Å². The van der Waals surface area contributed by atoms with Crippen molar-refractivity contribution in [1.29, 1.82) is 0 Å². The van der Waals surface area contributed by atoms with Crippen molar-refractivity contribution < 1.29 is 9.90 Å². The van der Waals surface area contributed by atoms with Crippen molar-refractivity contribution in [3.05, 3.63) is 18.1 Å². The van der Waals surface area contributed by atoms with Crippen molar-refractivity contribution in [2.45, 2.75) is 20.8 Å². The van der Waals surface area contributed by atoms with Crippen molar-refractivity contribution >= 4 is 11.8 Å². The molecule has 0 aliphatic heterocycles. The highest BCUT2D eigenvalue weighted by atomic mass is 16.4. The molecule has 0 saturated heterocycles. The second kappa shape index (κ2) is 4.25. The first-order chi connectivity index (χ1) is 6.88. The summed E-state index contributed by atoms with van der Waals surface area (Å²) in [5.41, 5.74) is 0.119. The Labute approximate surface area is 88.6 Å². The number of carbonyl (C=O) groups is 1. The highest BCUT2D eigenvalue weighted by Gasteiger charge is 2.11. The third-order valence-electron chi connectivity index (χ3n) is 1.65. The smallest absolute Gasteiger partial charge is 0.374 e. The lowest BCUT2D eigenvalue weighted by Gasteiger charge is -2.18. The van der Waals surface area contributed by atoms with Crippen LogP contribution < -0.4 is 5.32 Å². The average Bonchev–Trinajstić information content (AvgIpc) is 2.14. The van der Waals surface area contributed by atoms with Gasteiger partial charge in [0.1, 0.15) is 5.82 Å². The van der Waals surface area contributed by atoms with Gasteiger partial charge in [-0.3, -0.25) is 0 Å². The number of aromatic carboxylic acids is 1. The van der Waals surface area contributed by atoms with Crippen LogP contribution in [0.4, 0.5) is 5.82 Å². The fraction of sp³-hybridized carbons (Fsp3) is 0.500. The van der Waals surface area contributed by atoms with Gasteiger partial charge in [0.15, 0.2) is 0 Å². The van der Waals surface area contributed by atoms with E-state index in [2.05, 4.69) is 36.1 Å². The summed E-state index contributed by atoms with van der Waals surface area (Å²) in [6.45, 7) is 6.97. The fourth-order valence-electron chi connectivity index (χ4n) is 0.916. The molecule has 0 amide bonds. The fourth-order valence-corrected chi connectivity index (χ4v) is 0.916. The molecule has 2 N–H and O–H groups in total. The van der Waals surface area contributed by atoms with Gasteiger partial charge in [-0.2, -0.15) is 0 Å². The van der Waals surface area contributed by atoms with Gasteiger partial charge in [0.2, 0.25) is 5.82 Å². The molecule has 0 spiro atoms. The summed E-state index contributed by atoms with van der Waals surface area (Å²) in [6, 6.07) is 1.65. The van der Waals surface area contributed by atoms with Crippen molar-refractivity contribution in [2.24, 2.45) is 5.41 Å². The molecule has 0 aliphatic carbocycles. The first kappa shape index (κ1) is 11.4. The first-order valence-corrected chi connectivity index (χ1v) is 4.69. The SMILES string of the molecule is CC(C)(C)CNc1ccnc(C(=O)O)n1. The van der Waals surface area contributed by atoms with E-state index in [1.54, 1.807) is 6.07 Å². The summed E-state index contributed by atoms with van der Waals surface area (Å²) in [7, 11) is 0. The lowest BCUT2D eigenvalue weighted by Crippen LogP contribution is -2.20. The van der Waals surface area contributed by atoms with Crippen LogP contribution in [0, 0.1) is 5.41 Å². The minimum absolute atomic E-state index is 0.119. The van der Waals surface area contributed by atoms with Crippen LogP contribution in [-0.4, -0.2) is 27.6 Å². The van der Waals surface area contributed by atoms with Crippen LogP contribution in [-0.2, 0) is 0 Å². The number of rotatable bonds is 3. The van der Waals surface area contributed by atoms with Crippen LogP contribution in [0.15, 0.2) is 12.3 Å². The number of hydrogen-bond acceptors (Lipinski definition) is 4. The van der Waals surface area contributed by atoms with Crippen LogP contribution in [0.2, 0.25) is 0 Å².